The predicted molar refractivity (Wildman–Crippen MR) is 196 cm³/mol. The summed E-state index contributed by atoms with van der Waals surface area (Å²) >= 11 is 14.2. The van der Waals surface area contributed by atoms with Gasteiger partial charge in [-0.05, 0) is 31.0 Å². The van der Waals surface area contributed by atoms with Crippen LogP contribution in [0.2, 0.25) is 10.0 Å². The van der Waals surface area contributed by atoms with Crippen LogP contribution in [0.4, 0.5) is 0 Å². The second-order valence-corrected chi connectivity index (χ2v) is 13.5. The highest BCUT2D eigenvalue weighted by Gasteiger charge is 2.25. The fraction of sp³-hybridized carbons (Fsp3) is 0.368. The van der Waals surface area contributed by atoms with Gasteiger partial charge < -0.3 is 29.9 Å². The van der Waals surface area contributed by atoms with Crippen LogP contribution in [-0.4, -0.2) is 84.1 Å². The highest BCUT2D eigenvalue weighted by molar-refractivity contribution is 6.39. The summed E-state index contributed by atoms with van der Waals surface area (Å²) in [5, 5.41) is 8.07. The molecule has 6 rings (SSSR count). The average Bonchev–Trinajstić information content (AvgIpc) is 3.81. The number of benzene rings is 2. The Hall–Kier alpha value is -4.22. The van der Waals surface area contributed by atoms with Gasteiger partial charge in [-0.2, -0.15) is 0 Å². The van der Waals surface area contributed by atoms with Gasteiger partial charge >= 0.3 is 0 Å². The molecule has 2 aromatic heterocycles. The molecule has 4 heterocycles. The summed E-state index contributed by atoms with van der Waals surface area (Å²) in [6, 6.07) is 18.0. The SMILES string of the molecule is COc1cc(-c2nccc(-c3cccc(-c4ccc(CN[C@H]5CCN(C(C)=O)C5)c(OC)n4)c3Cl)c2Cl)ccc1CN[C@@H]1CCN(C(C)=O)C1. The molecule has 4 aromatic rings. The van der Waals surface area contributed by atoms with Gasteiger partial charge in [0.25, 0.3) is 0 Å². The van der Waals surface area contributed by atoms with Crippen molar-refractivity contribution in [3.63, 3.8) is 0 Å². The molecule has 0 unspecified atom stereocenters. The summed E-state index contributed by atoms with van der Waals surface area (Å²) in [5.41, 5.74) is 6.27. The lowest BCUT2D eigenvalue weighted by Crippen LogP contribution is -2.33. The van der Waals surface area contributed by atoms with Crippen molar-refractivity contribution in [1.82, 2.24) is 30.4 Å². The lowest BCUT2D eigenvalue weighted by molar-refractivity contribution is -0.128. The molecule has 0 spiro atoms. The zero-order chi connectivity index (χ0) is 35.4. The van der Waals surface area contributed by atoms with Gasteiger partial charge in [0, 0.05) is 105 Å². The van der Waals surface area contributed by atoms with Crippen LogP contribution in [0.1, 0.15) is 37.8 Å². The van der Waals surface area contributed by atoms with Crippen molar-refractivity contribution in [2.24, 2.45) is 0 Å². The van der Waals surface area contributed by atoms with Crippen molar-refractivity contribution in [3.05, 3.63) is 82.0 Å². The smallest absolute Gasteiger partial charge is 0.219 e. The number of hydrogen-bond acceptors (Lipinski definition) is 8. The number of methoxy groups -OCH3 is 2. The molecule has 0 bridgehead atoms. The number of halogens is 2. The minimum Gasteiger partial charge on any atom is -0.496 e. The first-order valence-electron chi connectivity index (χ1n) is 16.8. The number of aromatic nitrogens is 2. The van der Waals surface area contributed by atoms with Gasteiger partial charge in [-0.15, -0.1) is 0 Å². The number of rotatable bonds is 11. The molecule has 2 saturated heterocycles. The number of carbonyl (C=O) groups is 2. The van der Waals surface area contributed by atoms with Gasteiger partial charge in [-0.1, -0.05) is 59.6 Å². The van der Waals surface area contributed by atoms with Crippen molar-refractivity contribution in [2.45, 2.75) is 51.9 Å². The second-order valence-electron chi connectivity index (χ2n) is 12.7. The van der Waals surface area contributed by atoms with Crippen molar-refractivity contribution in [1.29, 1.82) is 0 Å². The van der Waals surface area contributed by atoms with E-state index in [-0.39, 0.29) is 23.9 Å². The number of nitrogens with zero attached hydrogens (tertiary/aromatic N) is 4. The van der Waals surface area contributed by atoms with Crippen LogP contribution >= 0.6 is 23.2 Å². The summed E-state index contributed by atoms with van der Waals surface area (Å²) in [4.78, 5) is 36.6. The third-order valence-electron chi connectivity index (χ3n) is 9.58. The van der Waals surface area contributed by atoms with Gasteiger partial charge in [0.1, 0.15) is 5.75 Å². The Kier molecular flexibility index (Phi) is 11.2. The van der Waals surface area contributed by atoms with Crippen molar-refractivity contribution < 1.29 is 19.1 Å². The molecule has 0 aliphatic carbocycles. The summed E-state index contributed by atoms with van der Waals surface area (Å²) in [5.74, 6) is 1.44. The van der Waals surface area contributed by atoms with Gasteiger partial charge in [-0.25, -0.2) is 4.98 Å². The van der Waals surface area contributed by atoms with Gasteiger partial charge in [0.2, 0.25) is 17.7 Å². The largest absolute Gasteiger partial charge is 0.496 e. The third kappa shape index (κ3) is 7.73. The maximum Gasteiger partial charge on any atom is 0.219 e. The van der Waals surface area contributed by atoms with Crippen LogP contribution in [0, 0.1) is 0 Å². The maximum atomic E-state index is 11.7. The Morgan fingerprint density at radius 1 is 0.800 bits per heavy atom. The van der Waals surface area contributed by atoms with Crippen LogP contribution in [0.5, 0.6) is 11.6 Å². The molecule has 2 N–H and O–H groups in total. The number of ether oxygens (including phenoxy) is 2. The Bertz CT molecular complexity index is 1750. The van der Waals surface area contributed by atoms with Crippen molar-refractivity contribution in [2.75, 3.05) is 40.4 Å². The van der Waals surface area contributed by atoms with E-state index in [9.17, 15) is 9.59 Å². The third-order valence-corrected chi connectivity index (χ3v) is 10.4. The summed E-state index contributed by atoms with van der Waals surface area (Å²) in [6.07, 6.45) is 3.56. The molecule has 2 aromatic carbocycles. The van der Waals surface area contributed by atoms with Crippen LogP contribution in [0.25, 0.3) is 33.6 Å². The maximum absolute atomic E-state index is 11.7. The summed E-state index contributed by atoms with van der Waals surface area (Å²) in [6.45, 7) is 7.34. The molecule has 0 saturated carbocycles. The monoisotopic (exact) mass is 716 g/mol. The highest BCUT2D eigenvalue weighted by Crippen LogP contribution is 2.42. The van der Waals surface area contributed by atoms with E-state index in [0.29, 0.717) is 53.5 Å². The lowest BCUT2D eigenvalue weighted by atomic mass is 9.99. The van der Waals surface area contributed by atoms with E-state index in [4.69, 9.17) is 37.7 Å². The highest BCUT2D eigenvalue weighted by atomic mass is 35.5. The first-order chi connectivity index (χ1) is 24.2. The number of pyridine rings is 2. The number of amides is 2. The Morgan fingerprint density at radius 3 is 2.04 bits per heavy atom. The van der Waals surface area contributed by atoms with E-state index in [0.717, 1.165) is 65.1 Å². The topological polar surface area (TPSA) is 109 Å². The Labute approximate surface area is 303 Å². The lowest BCUT2D eigenvalue weighted by Gasteiger charge is -2.17. The first kappa shape index (κ1) is 35.6. The molecule has 2 fully saturated rings. The minimum absolute atomic E-state index is 0.101. The van der Waals surface area contributed by atoms with E-state index >= 15 is 0 Å². The molecule has 50 heavy (non-hydrogen) atoms. The van der Waals surface area contributed by atoms with Crippen molar-refractivity contribution >= 4 is 35.0 Å². The Morgan fingerprint density at radius 2 is 1.42 bits per heavy atom. The van der Waals surface area contributed by atoms with Gasteiger partial charge in [0.15, 0.2) is 0 Å². The van der Waals surface area contributed by atoms with Crippen molar-refractivity contribution in [3.8, 4) is 45.3 Å². The zero-order valence-corrected chi connectivity index (χ0v) is 30.3. The van der Waals surface area contributed by atoms with Crippen LogP contribution in [0.3, 0.4) is 0 Å². The van der Waals surface area contributed by atoms with E-state index in [2.05, 4.69) is 15.6 Å². The van der Waals surface area contributed by atoms with Crippen LogP contribution in [-0.2, 0) is 22.7 Å². The number of hydrogen-bond donors (Lipinski definition) is 2. The minimum atomic E-state index is 0.101. The summed E-state index contributed by atoms with van der Waals surface area (Å²) in [7, 11) is 3.26. The molecule has 2 amide bonds. The average molecular weight is 718 g/mol. The molecular formula is C38H42Cl2N6O4. The van der Waals surface area contributed by atoms with E-state index in [1.165, 1.54) is 0 Å². The summed E-state index contributed by atoms with van der Waals surface area (Å²) < 4.78 is 11.5. The number of likely N-dealkylation sites (tertiary alicyclic amines) is 2. The van der Waals surface area contributed by atoms with Crippen LogP contribution < -0.4 is 20.1 Å². The molecule has 12 heteroatoms. The fourth-order valence-electron chi connectivity index (χ4n) is 6.69. The second kappa shape index (κ2) is 15.8. The number of nitrogens with one attached hydrogen (secondary N) is 2. The standard InChI is InChI=1S/C38H42Cl2N6O4/c1-23(47)45-16-13-28(21-45)42-19-26-9-8-25(18-34(26)49-3)37-36(40)31(12-15-41-37)30-6-5-7-32(35(30)39)33-11-10-27(38(44-33)50-4)20-43-29-14-17-46(22-29)24(2)48/h5-12,15,18,28-29,42-43H,13-14,16-17,19-22H2,1-4H3/t28-,29+/m1/s1. The molecule has 10 nitrogen and oxygen atoms in total. The first-order valence-corrected chi connectivity index (χ1v) is 17.5. The number of carbonyl (C=O) groups excluding carboxylic acids is 2. The molecule has 2 aliphatic heterocycles. The van der Waals surface area contributed by atoms with Crippen LogP contribution in [0.15, 0.2) is 60.8 Å². The molecule has 2 aliphatic rings. The molecule has 0 radical (unpaired) electrons. The van der Waals surface area contributed by atoms with Gasteiger partial charge in [-0.3, -0.25) is 14.6 Å². The van der Waals surface area contributed by atoms with E-state index in [1.807, 2.05) is 64.4 Å². The van der Waals surface area contributed by atoms with E-state index in [1.54, 1.807) is 34.3 Å². The molecule has 2 atom stereocenters. The van der Waals surface area contributed by atoms with E-state index < -0.39 is 0 Å². The quantitative estimate of drug-likeness (QED) is 0.188. The zero-order valence-electron chi connectivity index (χ0n) is 28.8. The predicted octanol–water partition coefficient (Wildman–Crippen LogP) is 6.22. The van der Waals surface area contributed by atoms with Gasteiger partial charge in [0.05, 0.1) is 35.7 Å². The Balaban J connectivity index is 1.21. The fourth-order valence-corrected chi connectivity index (χ4v) is 7.34. The molecular weight excluding hydrogens is 675 g/mol. The normalized spacial score (nSPS) is 17.3. The molecule has 262 valence electrons.